The molecule has 17 heavy (non-hydrogen) atoms. The third-order valence-corrected chi connectivity index (χ3v) is 3.00. The van der Waals surface area contributed by atoms with Crippen LogP contribution >= 0.6 is 0 Å². The van der Waals surface area contributed by atoms with Crippen molar-refractivity contribution < 1.29 is 9.47 Å². The van der Waals surface area contributed by atoms with Crippen molar-refractivity contribution in [3.8, 4) is 5.75 Å². The number of hydrogen-bond donors (Lipinski definition) is 1. The quantitative estimate of drug-likeness (QED) is 0.827. The lowest BCUT2D eigenvalue weighted by Crippen LogP contribution is -2.23. The summed E-state index contributed by atoms with van der Waals surface area (Å²) in [5.74, 6) is 1.34. The van der Waals surface area contributed by atoms with E-state index in [0.717, 1.165) is 11.3 Å². The number of rotatable bonds is 6. The molecule has 0 fully saturated rings. The molecule has 0 spiro atoms. The fraction of sp³-hybridized carbons (Fsp3) is 0.571. The Morgan fingerprint density at radius 3 is 2.53 bits per heavy atom. The molecule has 0 aliphatic heterocycles. The Bertz CT molecular complexity index is 339. The molecule has 0 aliphatic carbocycles. The lowest BCUT2D eigenvalue weighted by atomic mass is 10.1. The molecular formula is C14H23NO2. The van der Waals surface area contributed by atoms with Gasteiger partial charge in [0.25, 0.3) is 0 Å². The highest BCUT2D eigenvalue weighted by atomic mass is 16.5. The minimum Gasteiger partial charge on any atom is -0.497 e. The molecule has 0 saturated carbocycles. The summed E-state index contributed by atoms with van der Waals surface area (Å²) in [4.78, 5) is 0. The fourth-order valence-electron chi connectivity index (χ4n) is 1.42. The number of benzene rings is 1. The van der Waals surface area contributed by atoms with E-state index in [1.807, 2.05) is 24.3 Å². The zero-order chi connectivity index (χ0) is 12.8. The Hall–Kier alpha value is -1.06. The maximum absolute atomic E-state index is 6.09. The lowest BCUT2D eigenvalue weighted by molar-refractivity contribution is 0.0272. The molecule has 0 bridgehead atoms. The minimum atomic E-state index is -0.105. The fourth-order valence-corrected chi connectivity index (χ4v) is 1.42. The molecule has 3 heteroatoms. The molecule has 0 heterocycles. The molecular weight excluding hydrogens is 214 g/mol. The summed E-state index contributed by atoms with van der Waals surface area (Å²) in [6, 6.07) is 7.70. The highest BCUT2D eigenvalue weighted by Gasteiger charge is 2.12. The van der Waals surface area contributed by atoms with Crippen LogP contribution in [0.1, 0.15) is 32.4 Å². The van der Waals surface area contributed by atoms with Gasteiger partial charge >= 0.3 is 0 Å². The minimum absolute atomic E-state index is 0.105. The Morgan fingerprint density at radius 2 is 1.94 bits per heavy atom. The third-order valence-electron chi connectivity index (χ3n) is 3.00. The molecule has 0 aromatic heterocycles. The van der Waals surface area contributed by atoms with Crippen molar-refractivity contribution in [2.24, 2.45) is 11.7 Å². The van der Waals surface area contributed by atoms with E-state index in [2.05, 4.69) is 20.8 Å². The standard InChI is InChI=1S/C14H23NO2/c1-10(2)11(3)17-9-14(15)12-6-5-7-13(8-12)16-4/h5-8,10-11,14H,9,15H2,1-4H3. The van der Waals surface area contributed by atoms with Crippen LogP contribution in [0, 0.1) is 5.92 Å². The van der Waals surface area contributed by atoms with Crippen LogP contribution in [0.3, 0.4) is 0 Å². The summed E-state index contributed by atoms with van der Waals surface area (Å²) < 4.78 is 10.9. The van der Waals surface area contributed by atoms with Crippen molar-refractivity contribution in [2.75, 3.05) is 13.7 Å². The molecule has 0 aliphatic rings. The lowest BCUT2D eigenvalue weighted by Gasteiger charge is -2.20. The van der Waals surface area contributed by atoms with Crippen LogP contribution in [0.4, 0.5) is 0 Å². The van der Waals surface area contributed by atoms with E-state index >= 15 is 0 Å². The van der Waals surface area contributed by atoms with Gasteiger partial charge in [-0.2, -0.15) is 0 Å². The average Bonchev–Trinajstić information content (AvgIpc) is 2.35. The topological polar surface area (TPSA) is 44.5 Å². The Balaban J connectivity index is 2.54. The van der Waals surface area contributed by atoms with Gasteiger partial charge in [0.1, 0.15) is 5.75 Å². The van der Waals surface area contributed by atoms with E-state index in [1.165, 1.54) is 0 Å². The van der Waals surface area contributed by atoms with E-state index < -0.39 is 0 Å². The van der Waals surface area contributed by atoms with Crippen molar-refractivity contribution in [1.29, 1.82) is 0 Å². The number of nitrogens with two attached hydrogens (primary N) is 1. The van der Waals surface area contributed by atoms with Crippen molar-refractivity contribution >= 4 is 0 Å². The predicted octanol–water partition coefficient (Wildman–Crippen LogP) is 2.76. The van der Waals surface area contributed by atoms with Gasteiger partial charge in [0.15, 0.2) is 0 Å². The Labute approximate surface area is 104 Å². The number of ether oxygens (including phenoxy) is 2. The largest absolute Gasteiger partial charge is 0.497 e. The van der Waals surface area contributed by atoms with Gasteiger partial charge < -0.3 is 15.2 Å². The molecule has 0 radical (unpaired) electrons. The second-order valence-electron chi connectivity index (χ2n) is 4.67. The summed E-state index contributed by atoms with van der Waals surface area (Å²) >= 11 is 0. The average molecular weight is 237 g/mol. The molecule has 3 nitrogen and oxygen atoms in total. The monoisotopic (exact) mass is 237 g/mol. The van der Waals surface area contributed by atoms with Crippen LogP contribution in [0.2, 0.25) is 0 Å². The smallest absolute Gasteiger partial charge is 0.119 e. The van der Waals surface area contributed by atoms with Gasteiger partial charge in [-0.15, -0.1) is 0 Å². The van der Waals surface area contributed by atoms with Gasteiger partial charge in [-0.1, -0.05) is 26.0 Å². The zero-order valence-corrected chi connectivity index (χ0v) is 11.1. The molecule has 1 rings (SSSR count). The van der Waals surface area contributed by atoms with Gasteiger partial charge in [-0.3, -0.25) is 0 Å². The molecule has 2 N–H and O–H groups in total. The van der Waals surface area contributed by atoms with Crippen molar-refractivity contribution in [3.05, 3.63) is 29.8 Å². The summed E-state index contributed by atoms with van der Waals surface area (Å²) in [5, 5.41) is 0. The van der Waals surface area contributed by atoms with Gasteiger partial charge in [0.05, 0.1) is 25.9 Å². The molecule has 2 unspecified atom stereocenters. The van der Waals surface area contributed by atoms with E-state index in [9.17, 15) is 0 Å². The van der Waals surface area contributed by atoms with Gasteiger partial charge in [-0.25, -0.2) is 0 Å². The second kappa shape index (κ2) is 6.62. The third kappa shape index (κ3) is 4.36. The maximum atomic E-state index is 6.09. The molecule has 96 valence electrons. The first-order chi connectivity index (χ1) is 8.04. The molecule has 2 atom stereocenters. The SMILES string of the molecule is COc1cccc(C(N)COC(C)C(C)C)c1. The Morgan fingerprint density at radius 1 is 1.24 bits per heavy atom. The van der Waals surface area contributed by atoms with Crippen molar-refractivity contribution in [3.63, 3.8) is 0 Å². The summed E-state index contributed by atoms with van der Waals surface area (Å²) in [7, 11) is 1.65. The van der Waals surface area contributed by atoms with E-state index in [0.29, 0.717) is 12.5 Å². The summed E-state index contributed by atoms with van der Waals surface area (Å²) in [6.45, 7) is 6.89. The van der Waals surface area contributed by atoms with Crippen LogP contribution in [0.15, 0.2) is 24.3 Å². The summed E-state index contributed by atoms with van der Waals surface area (Å²) in [6.07, 6.45) is 0.228. The zero-order valence-electron chi connectivity index (χ0n) is 11.1. The first-order valence-electron chi connectivity index (χ1n) is 6.05. The van der Waals surface area contributed by atoms with E-state index in [-0.39, 0.29) is 12.1 Å². The second-order valence-corrected chi connectivity index (χ2v) is 4.67. The maximum Gasteiger partial charge on any atom is 0.119 e. The predicted molar refractivity (Wildman–Crippen MR) is 70.2 cm³/mol. The molecule has 1 aromatic carbocycles. The molecule has 1 aromatic rings. The van der Waals surface area contributed by atoms with E-state index in [4.69, 9.17) is 15.2 Å². The first kappa shape index (κ1) is 14.0. The first-order valence-corrected chi connectivity index (χ1v) is 6.05. The van der Waals surface area contributed by atoms with Crippen LogP contribution in [0.25, 0.3) is 0 Å². The molecule has 0 amide bonds. The van der Waals surface area contributed by atoms with E-state index in [1.54, 1.807) is 7.11 Å². The van der Waals surface area contributed by atoms with Gasteiger partial charge in [0.2, 0.25) is 0 Å². The number of hydrogen-bond acceptors (Lipinski definition) is 3. The molecule has 0 saturated heterocycles. The van der Waals surface area contributed by atoms with Gasteiger partial charge in [-0.05, 0) is 30.5 Å². The summed E-state index contributed by atoms with van der Waals surface area (Å²) in [5.41, 5.74) is 7.13. The highest BCUT2D eigenvalue weighted by molar-refractivity contribution is 5.30. The van der Waals surface area contributed by atoms with Gasteiger partial charge in [0, 0.05) is 0 Å². The number of methoxy groups -OCH3 is 1. The van der Waals surface area contributed by atoms with Crippen LogP contribution in [0.5, 0.6) is 5.75 Å². The van der Waals surface area contributed by atoms with Crippen LogP contribution in [-0.4, -0.2) is 19.8 Å². The van der Waals surface area contributed by atoms with Crippen molar-refractivity contribution in [1.82, 2.24) is 0 Å². The van der Waals surface area contributed by atoms with Crippen LogP contribution < -0.4 is 10.5 Å². The normalized spacial score (nSPS) is 14.7. The Kier molecular flexibility index (Phi) is 5.45. The van der Waals surface area contributed by atoms with Crippen molar-refractivity contribution in [2.45, 2.75) is 32.9 Å². The van der Waals surface area contributed by atoms with Crippen LogP contribution in [-0.2, 0) is 4.74 Å². The highest BCUT2D eigenvalue weighted by Crippen LogP contribution is 2.18.